The molecule has 0 unspecified atom stereocenters. The molecule has 1 aromatic rings. The Kier molecular flexibility index (Phi) is 5.64. The highest BCUT2D eigenvalue weighted by Gasteiger charge is 2.12. The predicted octanol–water partition coefficient (Wildman–Crippen LogP) is 1.63. The van der Waals surface area contributed by atoms with E-state index in [9.17, 15) is 4.79 Å². The van der Waals surface area contributed by atoms with E-state index in [1.54, 1.807) is 6.26 Å². The minimum atomic E-state index is 0.189. The van der Waals surface area contributed by atoms with Crippen LogP contribution in [0.3, 0.4) is 0 Å². The van der Waals surface area contributed by atoms with Gasteiger partial charge in [0, 0.05) is 13.0 Å². The molecule has 0 aliphatic heterocycles. The molecule has 0 bridgehead atoms. The van der Waals surface area contributed by atoms with Crippen molar-refractivity contribution in [1.82, 2.24) is 10.2 Å². The molecule has 0 atom stereocenters. The van der Waals surface area contributed by atoms with Gasteiger partial charge in [0.25, 0.3) is 0 Å². The number of carbonyl (C=O) groups excluding carboxylic acids is 1. The van der Waals surface area contributed by atoms with Crippen molar-refractivity contribution in [3.05, 3.63) is 24.2 Å². The number of furan rings is 1. The van der Waals surface area contributed by atoms with Crippen LogP contribution in [0.15, 0.2) is 22.8 Å². The minimum absolute atomic E-state index is 0.189. The monoisotopic (exact) mass is 224 g/mol. The molecule has 1 aromatic heterocycles. The Morgan fingerprint density at radius 1 is 1.56 bits per heavy atom. The third-order valence-corrected chi connectivity index (χ3v) is 2.48. The fraction of sp³-hybridized carbons (Fsp3) is 0.583. The first kappa shape index (κ1) is 12.8. The number of amides is 1. The molecule has 4 heteroatoms. The van der Waals surface area contributed by atoms with Crippen LogP contribution in [0, 0.1) is 0 Å². The van der Waals surface area contributed by atoms with Crippen molar-refractivity contribution in [2.24, 2.45) is 0 Å². The Morgan fingerprint density at radius 2 is 2.38 bits per heavy atom. The lowest BCUT2D eigenvalue weighted by Crippen LogP contribution is -2.30. The summed E-state index contributed by atoms with van der Waals surface area (Å²) < 4.78 is 5.24. The Bertz CT molecular complexity index is 296. The van der Waals surface area contributed by atoms with Crippen LogP contribution in [-0.4, -0.2) is 30.9 Å². The normalized spacial score (nSPS) is 10.4. The van der Waals surface area contributed by atoms with Crippen molar-refractivity contribution in [2.75, 3.05) is 20.1 Å². The standard InChI is InChI=1S/C12H20N2O2/c1-3-14(10-11-6-5-9-16-11)12(15)7-4-8-13-2/h5-6,9,13H,3-4,7-8,10H2,1-2H3. The number of rotatable bonds is 7. The van der Waals surface area contributed by atoms with E-state index in [4.69, 9.17) is 4.42 Å². The first-order valence-corrected chi connectivity index (χ1v) is 5.72. The number of hydrogen-bond acceptors (Lipinski definition) is 3. The lowest BCUT2D eigenvalue weighted by Gasteiger charge is -2.19. The molecule has 0 aromatic carbocycles. The summed E-state index contributed by atoms with van der Waals surface area (Å²) in [6.07, 6.45) is 3.11. The summed E-state index contributed by atoms with van der Waals surface area (Å²) in [5.74, 6) is 1.03. The zero-order valence-corrected chi connectivity index (χ0v) is 10.0. The van der Waals surface area contributed by atoms with Gasteiger partial charge in [-0.05, 0) is 39.1 Å². The molecule has 1 amide bonds. The summed E-state index contributed by atoms with van der Waals surface area (Å²) >= 11 is 0. The van der Waals surface area contributed by atoms with E-state index in [-0.39, 0.29) is 5.91 Å². The number of hydrogen-bond donors (Lipinski definition) is 1. The highest BCUT2D eigenvalue weighted by Crippen LogP contribution is 2.07. The minimum Gasteiger partial charge on any atom is -0.467 e. The van der Waals surface area contributed by atoms with Gasteiger partial charge in [0.2, 0.25) is 5.91 Å². The van der Waals surface area contributed by atoms with E-state index < -0.39 is 0 Å². The molecule has 4 nitrogen and oxygen atoms in total. The highest BCUT2D eigenvalue weighted by molar-refractivity contribution is 5.76. The third kappa shape index (κ3) is 4.06. The fourth-order valence-electron chi connectivity index (χ4n) is 1.54. The molecule has 0 saturated heterocycles. The molecule has 0 fully saturated rings. The van der Waals surface area contributed by atoms with Crippen molar-refractivity contribution < 1.29 is 9.21 Å². The van der Waals surface area contributed by atoms with Crippen LogP contribution in [0.4, 0.5) is 0 Å². The van der Waals surface area contributed by atoms with Crippen LogP contribution in [0.2, 0.25) is 0 Å². The summed E-state index contributed by atoms with van der Waals surface area (Å²) in [7, 11) is 1.89. The van der Waals surface area contributed by atoms with E-state index >= 15 is 0 Å². The van der Waals surface area contributed by atoms with Crippen molar-refractivity contribution in [3.8, 4) is 0 Å². The first-order chi connectivity index (χ1) is 7.77. The SMILES string of the molecule is CCN(Cc1ccco1)C(=O)CCCNC. The summed E-state index contributed by atoms with van der Waals surface area (Å²) in [5, 5.41) is 3.04. The zero-order chi connectivity index (χ0) is 11.8. The second-order valence-electron chi connectivity index (χ2n) is 3.69. The number of carbonyl (C=O) groups is 1. The summed E-state index contributed by atoms with van der Waals surface area (Å²) in [5.41, 5.74) is 0. The molecule has 1 heterocycles. The van der Waals surface area contributed by atoms with Crippen molar-refractivity contribution in [1.29, 1.82) is 0 Å². The van der Waals surface area contributed by atoms with E-state index in [1.807, 2.05) is 31.0 Å². The summed E-state index contributed by atoms with van der Waals surface area (Å²) in [6.45, 7) is 4.16. The van der Waals surface area contributed by atoms with Crippen LogP contribution in [0.5, 0.6) is 0 Å². The number of nitrogens with zero attached hydrogens (tertiary/aromatic N) is 1. The van der Waals surface area contributed by atoms with Crippen LogP contribution < -0.4 is 5.32 Å². The molecule has 0 saturated carbocycles. The average molecular weight is 224 g/mol. The highest BCUT2D eigenvalue weighted by atomic mass is 16.3. The first-order valence-electron chi connectivity index (χ1n) is 5.72. The van der Waals surface area contributed by atoms with Gasteiger partial charge in [-0.1, -0.05) is 0 Å². The fourth-order valence-corrected chi connectivity index (χ4v) is 1.54. The molecule has 0 spiro atoms. The molecule has 0 aliphatic rings. The van der Waals surface area contributed by atoms with Crippen LogP contribution >= 0.6 is 0 Å². The second-order valence-corrected chi connectivity index (χ2v) is 3.69. The van der Waals surface area contributed by atoms with Gasteiger partial charge in [-0.25, -0.2) is 0 Å². The van der Waals surface area contributed by atoms with Gasteiger partial charge >= 0.3 is 0 Å². The smallest absolute Gasteiger partial charge is 0.223 e. The topological polar surface area (TPSA) is 45.5 Å². The lowest BCUT2D eigenvalue weighted by molar-refractivity contribution is -0.131. The van der Waals surface area contributed by atoms with E-state index in [0.29, 0.717) is 13.0 Å². The van der Waals surface area contributed by atoms with Gasteiger partial charge in [0.05, 0.1) is 12.8 Å². The van der Waals surface area contributed by atoms with Crippen LogP contribution in [-0.2, 0) is 11.3 Å². The molecule has 1 rings (SSSR count). The molecular formula is C12H20N2O2. The van der Waals surface area contributed by atoms with Crippen molar-refractivity contribution in [2.45, 2.75) is 26.3 Å². The largest absolute Gasteiger partial charge is 0.467 e. The average Bonchev–Trinajstić information content (AvgIpc) is 2.78. The van der Waals surface area contributed by atoms with Gasteiger partial charge in [0.15, 0.2) is 0 Å². The van der Waals surface area contributed by atoms with Gasteiger partial charge in [0.1, 0.15) is 5.76 Å². The van der Waals surface area contributed by atoms with E-state index in [1.165, 1.54) is 0 Å². The van der Waals surface area contributed by atoms with E-state index in [2.05, 4.69) is 5.32 Å². The Balaban J connectivity index is 2.38. The summed E-state index contributed by atoms with van der Waals surface area (Å²) in [4.78, 5) is 13.6. The molecule has 0 aliphatic carbocycles. The maximum absolute atomic E-state index is 11.8. The third-order valence-electron chi connectivity index (χ3n) is 2.48. The van der Waals surface area contributed by atoms with Gasteiger partial charge < -0.3 is 14.6 Å². The zero-order valence-electron chi connectivity index (χ0n) is 10.0. The molecule has 0 radical (unpaired) electrons. The van der Waals surface area contributed by atoms with E-state index in [0.717, 1.165) is 25.3 Å². The molecule has 16 heavy (non-hydrogen) atoms. The Labute approximate surface area is 96.6 Å². The maximum atomic E-state index is 11.8. The van der Waals surface area contributed by atoms with Gasteiger partial charge in [-0.2, -0.15) is 0 Å². The second kappa shape index (κ2) is 7.06. The Morgan fingerprint density at radius 3 is 2.94 bits per heavy atom. The van der Waals surface area contributed by atoms with Crippen LogP contribution in [0.1, 0.15) is 25.5 Å². The van der Waals surface area contributed by atoms with Gasteiger partial charge in [-0.15, -0.1) is 0 Å². The molecule has 1 N–H and O–H groups in total. The maximum Gasteiger partial charge on any atom is 0.223 e. The summed E-state index contributed by atoms with van der Waals surface area (Å²) in [6, 6.07) is 3.73. The van der Waals surface area contributed by atoms with Gasteiger partial charge in [-0.3, -0.25) is 4.79 Å². The molecular weight excluding hydrogens is 204 g/mol. The quantitative estimate of drug-likeness (QED) is 0.716. The Hall–Kier alpha value is -1.29. The van der Waals surface area contributed by atoms with Crippen molar-refractivity contribution >= 4 is 5.91 Å². The number of nitrogens with one attached hydrogen (secondary N) is 1. The lowest BCUT2D eigenvalue weighted by atomic mass is 10.2. The van der Waals surface area contributed by atoms with Crippen LogP contribution in [0.25, 0.3) is 0 Å². The van der Waals surface area contributed by atoms with Crippen molar-refractivity contribution in [3.63, 3.8) is 0 Å². The predicted molar refractivity (Wildman–Crippen MR) is 63.0 cm³/mol. The molecule has 90 valence electrons.